The van der Waals surface area contributed by atoms with Crippen LogP contribution >= 0.6 is 24.8 Å². The fourth-order valence-electron chi connectivity index (χ4n) is 3.18. The number of anilines is 1. The number of halogens is 2. The van der Waals surface area contributed by atoms with Gasteiger partial charge in [-0.15, -0.1) is 24.8 Å². The largest absolute Gasteiger partial charge is 0.326 e. The first-order valence-corrected chi connectivity index (χ1v) is 8.99. The van der Waals surface area contributed by atoms with E-state index in [2.05, 4.69) is 39.4 Å². The minimum atomic E-state index is -0.113. The summed E-state index contributed by atoms with van der Waals surface area (Å²) in [5.41, 5.74) is 2.73. The van der Waals surface area contributed by atoms with Gasteiger partial charge in [-0.2, -0.15) is 0 Å². The molecule has 0 aliphatic carbocycles. The van der Waals surface area contributed by atoms with E-state index in [0.717, 1.165) is 32.7 Å². The van der Waals surface area contributed by atoms with Gasteiger partial charge in [0.1, 0.15) is 0 Å². The number of amides is 1. The maximum Gasteiger partial charge on any atom is 0.221 e. The molecule has 1 heterocycles. The van der Waals surface area contributed by atoms with Gasteiger partial charge in [-0.1, -0.05) is 30.3 Å². The number of benzene rings is 2. The van der Waals surface area contributed by atoms with Gasteiger partial charge in [-0.3, -0.25) is 19.4 Å². The predicted octanol–water partition coefficient (Wildman–Crippen LogP) is 3.49. The van der Waals surface area contributed by atoms with E-state index in [1.54, 1.807) is 24.3 Å². The molecule has 0 radical (unpaired) electrons. The monoisotopic (exact) mass is 423 g/mol. The Balaban J connectivity index is 0.00000196. The molecule has 2 aromatic rings. The average molecular weight is 424 g/mol. The molecular formula is C21H27Cl2N3O2. The first kappa shape index (κ1) is 24.1. The van der Waals surface area contributed by atoms with Crippen LogP contribution < -0.4 is 5.32 Å². The van der Waals surface area contributed by atoms with E-state index >= 15 is 0 Å². The zero-order valence-corrected chi connectivity index (χ0v) is 17.6. The molecule has 0 bridgehead atoms. The normalized spacial score (nSPS) is 14.5. The number of piperazine rings is 1. The number of carbonyl (C=O) groups excluding carboxylic acids is 2. The van der Waals surface area contributed by atoms with Crippen molar-refractivity contribution in [3.63, 3.8) is 0 Å². The molecule has 1 amide bonds. The van der Waals surface area contributed by atoms with Crippen LogP contribution in [0.1, 0.15) is 22.8 Å². The summed E-state index contributed by atoms with van der Waals surface area (Å²) < 4.78 is 0. The first-order valence-electron chi connectivity index (χ1n) is 8.99. The molecular weight excluding hydrogens is 397 g/mol. The highest BCUT2D eigenvalue weighted by Crippen LogP contribution is 2.12. The van der Waals surface area contributed by atoms with Crippen LogP contribution in [0.2, 0.25) is 0 Å². The quantitative estimate of drug-likeness (QED) is 0.722. The molecule has 28 heavy (non-hydrogen) atoms. The topological polar surface area (TPSA) is 52.7 Å². The fraction of sp³-hybridized carbons (Fsp3) is 0.333. The molecule has 0 saturated carbocycles. The van der Waals surface area contributed by atoms with Crippen molar-refractivity contribution in [3.05, 3.63) is 65.7 Å². The number of Topliss-reactive ketones (excluding diaryl/α,β-unsaturated/α-hetero) is 1. The van der Waals surface area contributed by atoms with Crippen LogP contribution in [0.5, 0.6) is 0 Å². The Morgan fingerprint density at radius 3 is 2.00 bits per heavy atom. The van der Waals surface area contributed by atoms with Crippen LogP contribution in [0.3, 0.4) is 0 Å². The summed E-state index contributed by atoms with van der Waals surface area (Å²) in [6.07, 6.45) is 0. The highest BCUT2D eigenvalue weighted by atomic mass is 35.5. The lowest BCUT2D eigenvalue weighted by Crippen LogP contribution is -2.47. The van der Waals surface area contributed by atoms with Gasteiger partial charge in [0.25, 0.3) is 0 Å². The van der Waals surface area contributed by atoms with Crippen molar-refractivity contribution in [2.75, 3.05) is 38.0 Å². The summed E-state index contributed by atoms with van der Waals surface area (Å²) in [6.45, 7) is 6.64. The van der Waals surface area contributed by atoms with Gasteiger partial charge in [-0.25, -0.2) is 0 Å². The minimum Gasteiger partial charge on any atom is -0.326 e. The second-order valence-corrected chi connectivity index (χ2v) is 6.72. The van der Waals surface area contributed by atoms with Crippen LogP contribution in [-0.4, -0.2) is 54.2 Å². The Morgan fingerprint density at radius 1 is 0.857 bits per heavy atom. The van der Waals surface area contributed by atoms with Gasteiger partial charge < -0.3 is 5.32 Å². The maximum absolute atomic E-state index is 12.5. The third kappa shape index (κ3) is 7.24. The van der Waals surface area contributed by atoms with Crippen molar-refractivity contribution in [3.8, 4) is 0 Å². The lowest BCUT2D eigenvalue weighted by molar-refractivity contribution is -0.114. The maximum atomic E-state index is 12.5. The number of nitrogens with one attached hydrogen (secondary N) is 1. The molecule has 1 N–H and O–H groups in total. The molecule has 0 atom stereocenters. The molecule has 3 rings (SSSR count). The molecule has 0 unspecified atom stereocenters. The summed E-state index contributed by atoms with van der Waals surface area (Å²) in [4.78, 5) is 28.2. The number of nitrogens with zero attached hydrogens (tertiary/aromatic N) is 2. The third-order valence-electron chi connectivity index (χ3n) is 4.61. The zero-order chi connectivity index (χ0) is 18.4. The van der Waals surface area contributed by atoms with Crippen LogP contribution in [0.4, 0.5) is 5.69 Å². The van der Waals surface area contributed by atoms with Gasteiger partial charge >= 0.3 is 0 Å². The van der Waals surface area contributed by atoms with E-state index in [1.807, 2.05) is 6.07 Å². The van der Waals surface area contributed by atoms with Gasteiger partial charge in [0.15, 0.2) is 5.78 Å². The van der Waals surface area contributed by atoms with Gasteiger partial charge in [0.2, 0.25) is 5.91 Å². The summed E-state index contributed by atoms with van der Waals surface area (Å²) in [5, 5.41) is 2.71. The van der Waals surface area contributed by atoms with Gasteiger partial charge in [0.05, 0.1) is 6.54 Å². The van der Waals surface area contributed by atoms with Crippen LogP contribution in [0, 0.1) is 0 Å². The zero-order valence-electron chi connectivity index (χ0n) is 16.0. The van der Waals surface area contributed by atoms with Gasteiger partial charge in [0, 0.05) is 50.9 Å². The standard InChI is InChI=1S/C21H25N3O2.2ClH/c1-17(25)22-20-9-7-19(8-10-20)21(26)16-24-13-11-23(12-14-24)15-18-5-3-2-4-6-18;;/h2-10H,11-16H2,1H3,(H,22,25);2*1H. The summed E-state index contributed by atoms with van der Waals surface area (Å²) in [6, 6.07) is 17.6. The number of rotatable bonds is 6. The molecule has 1 aliphatic rings. The molecule has 0 spiro atoms. The number of ketones is 1. The lowest BCUT2D eigenvalue weighted by Gasteiger charge is -2.34. The number of carbonyl (C=O) groups is 2. The average Bonchev–Trinajstić information content (AvgIpc) is 2.64. The summed E-state index contributed by atoms with van der Waals surface area (Å²) >= 11 is 0. The molecule has 1 saturated heterocycles. The predicted molar refractivity (Wildman–Crippen MR) is 118 cm³/mol. The highest BCUT2D eigenvalue weighted by Gasteiger charge is 2.19. The van der Waals surface area contributed by atoms with E-state index in [0.29, 0.717) is 17.8 Å². The second kappa shape index (κ2) is 11.8. The van der Waals surface area contributed by atoms with Crippen molar-refractivity contribution < 1.29 is 9.59 Å². The van der Waals surface area contributed by atoms with E-state index in [1.165, 1.54) is 12.5 Å². The number of hydrogen-bond acceptors (Lipinski definition) is 4. The molecule has 2 aromatic carbocycles. The Kier molecular flexibility index (Phi) is 10.2. The summed E-state index contributed by atoms with van der Waals surface area (Å²) in [5.74, 6) is 0.00772. The van der Waals surface area contributed by atoms with Gasteiger partial charge in [-0.05, 0) is 29.8 Å². The molecule has 7 heteroatoms. The van der Waals surface area contributed by atoms with Crippen molar-refractivity contribution in [1.82, 2.24) is 9.80 Å². The Bertz CT molecular complexity index is 746. The summed E-state index contributed by atoms with van der Waals surface area (Å²) in [7, 11) is 0. The van der Waals surface area contributed by atoms with Crippen molar-refractivity contribution in [1.29, 1.82) is 0 Å². The molecule has 5 nitrogen and oxygen atoms in total. The third-order valence-corrected chi connectivity index (χ3v) is 4.61. The lowest BCUT2D eigenvalue weighted by atomic mass is 10.1. The molecule has 0 aromatic heterocycles. The Labute approximate surface area is 178 Å². The van der Waals surface area contributed by atoms with E-state index in [-0.39, 0.29) is 36.5 Å². The van der Waals surface area contributed by atoms with Crippen molar-refractivity contribution in [2.24, 2.45) is 0 Å². The molecule has 1 aliphatic heterocycles. The SMILES string of the molecule is CC(=O)Nc1ccc(C(=O)CN2CCN(Cc3ccccc3)CC2)cc1.Cl.Cl. The second-order valence-electron chi connectivity index (χ2n) is 6.72. The van der Waals surface area contributed by atoms with Crippen molar-refractivity contribution in [2.45, 2.75) is 13.5 Å². The van der Waals surface area contributed by atoms with Crippen LogP contribution in [0.15, 0.2) is 54.6 Å². The Morgan fingerprint density at radius 2 is 1.43 bits per heavy atom. The van der Waals surface area contributed by atoms with Crippen molar-refractivity contribution >= 4 is 42.2 Å². The first-order chi connectivity index (χ1) is 12.6. The van der Waals surface area contributed by atoms with E-state index < -0.39 is 0 Å². The molecule has 152 valence electrons. The van der Waals surface area contributed by atoms with E-state index in [4.69, 9.17) is 0 Å². The Hall–Kier alpha value is -1.92. The molecule has 1 fully saturated rings. The van der Waals surface area contributed by atoms with Crippen LogP contribution in [0.25, 0.3) is 0 Å². The highest BCUT2D eigenvalue weighted by molar-refractivity contribution is 5.98. The smallest absolute Gasteiger partial charge is 0.221 e. The fourth-order valence-corrected chi connectivity index (χ4v) is 3.18. The number of hydrogen-bond donors (Lipinski definition) is 1. The minimum absolute atomic E-state index is 0. The van der Waals surface area contributed by atoms with Crippen LogP contribution in [-0.2, 0) is 11.3 Å². The van der Waals surface area contributed by atoms with E-state index in [9.17, 15) is 9.59 Å².